The highest BCUT2D eigenvalue weighted by Crippen LogP contribution is 2.30. The van der Waals surface area contributed by atoms with Crippen molar-refractivity contribution < 1.29 is 14.3 Å². The highest BCUT2D eigenvalue weighted by molar-refractivity contribution is 8.00. The molecule has 2 aromatic heterocycles. The monoisotopic (exact) mass is 473 g/mol. The number of hydrogen-bond acceptors (Lipinski definition) is 7. The molecule has 3 aromatic rings. The molecule has 8 nitrogen and oxygen atoms in total. The van der Waals surface area contributed by atoms with Gasteiger partial charge >= 0.3 is 0 Å². The quantitative estimate of drug-likeness (QED) is 0.487. The molecular weight excluding hydrogens is 450 g/mol. The smallest absolute Gasteiger partial charge is 0.238 e. The van der Waals surface area contributed by atoms with Crippen LogP contribution >= 0.6 is 23.4 Å². The number of aromatic nitrogens is 4. The first-order valence-electron chi connectivity index (χ1n) is 10.3. The molecule has 1 saturated heterocycles. The van der Waals surface area contributed by atoms with Crippen LogP contribution in [0.15, 0.2) is 47.8 Å². The minimum absolute atomic E-state index is 0.102. The standard InChI is InChI=1S/C22H24ClN5O3S/c1-14(21(29)25-19-10-7-16(23)12-24-19)32-22-27-26-20(15-5-8-17(30-2)9-6-15)28(22)13-18-4-3-11-31-18/h5-10,12,14,18H,3-4,11,13H2,1-2H3,(H,24,25,29)/t14-,18-/m1/s1. The van der Waals surface area contributed by atoms with Crippen LogP contribution in [0.3, 0.4) is 0 Å². The van der Waals surface area contributed by atoms with Crippen molar-refractivity contribution in [1.29, 1.82) is 0 Å². The van der Waals surface area contributed by atoms with Gasteiger partial charge in [0, 0.05) is 18.4 Å². The maximum atomic E-state index is 12.7. The molecule has 1 N–H and O–H groups in total. The molecule has 0 saturated carbocycles. The number of anilines is 1. The van der Waals surface area contributed by atoms with Gasteiger partial charge in [0.1, 0.15) is 11.6 Å². The molecule has 168 valence electrons. The van der Waals surface area contributed by atoms with Crippen molar-refractivity contribution in [3.63, 3.8) is 0 Å². The van der Waals surface area contributed by atoms with E-state index in [1.807, 2.05) is 35.8 Å². The predicted octanol–water partition coefficient (Wildman–Crippen LogP) is 4.30. The summed E-state index contributed by atoms with van der Waals surface area (Å²) in [5.41, 5.74) is 0.922. The Morgan fingerprint density at radius 1 is 1.31 bits per heavy atom. The molecule has 0 spiro atoms. The zero-order valence-electron chi connectivity index (χ0n) is 17.8. The topological polar surface area (TPSA) is 91.2 Å². The second-order valence-corrected chi connectivity index (χ2v) is 9.14. The van der Waals surface area contributed by atoms with Crippen LogP contribution in [0, 0.1) is 0 Å². The number of methoxy groups -OCH3 is 1. The molecular formula is C22H24ClN5O3S. The van der Waals surface area contributed by atoms with Gasteiger partial charge in [-0.3, -0.25) is 9.36 Å². The van der Waals surface area contributed by atoms with Gasteiger partial charge in [-0.2, -0.15) is 0 Å². The molecule has 1 aliphatic heterocycles. The van der Waals surface area contributed by atoms with Crippen molar-refractivity contribution in [1.82, 2.24) is 19.7 Å². The van der Waals surface area contributed by atoms with Crippen molar-refractivity contribution in [2.45, 2.75) is 42.8 Å². The lowest BCUT2D eigenvalue weighted by molar-refractivity contribution is -0.115. The van der Waals surface area contributed by atoms with E-state index in [4.69, 9.17) is 21.1 Å². The zero-order valence-corrected chi connectivity index (χ0v) is 19.4. The molecule has 1 aromatic carbocycles. The average Bonchev–Trinajstić information content (AvgIpc) is 3.46. The van der Waals surface area contributed by atoms with E-state index in [-0.39, 0.29) is 12.0 Å². The number of pyridine rings is 1. The number of nitrogens with one attached hydrogen (secondary N) is 1. The Morgan fingerprint density at radius 2 is 2.12 bits per heavy atom. The number of carbonyl (C=O) groups is 1. The summed E-state index contributed by atoms with van der Waals surface area (Å²) in [6.45, 7) is 3.22. The molecule has 4 rings (SSSR count). The second kappa shape index (κ2) is 10.3. The molecule has 0 unspecified atom stereocenters. The van der Waals surface area contributed by atoms with Gasteiger partial charge in [0.15, 0.2) is 11.0 Å². The normalized spacial score (nSPS) is 16.7. The van der Waals surface area contributed by atoms with E-state index in [2.05, 4.69) is 20.5 Å². The van der Waals surface area contributed by atoms with Crippen molar-refractivity contribution in [2.24, 2.45) is 0 Å². The van der Waals surface area contributed by atoms with Crippen molar-refractivity contribution >= 4 is 35.1 Å². The summed E-state index contributed by atoms with van der Waals surface area (Å²) in [7, 11) is 1.63. The van der Waals surface area contributed by atoms with Crippen LogP contribution < -0.4 is 10.1 Å². The Balaban J connectivity index is 1.54. The second-order valence-electron chi connectivity index (χ2n) is 7.39. The number of carbonyl (C=O) groups excluding carboxylic acids is 1. The van der Waals surface area contributed by atoms with Gasteiger partial charge in [0.25, 0.3) is 0 Å². The van der Waals surface area contributed by atoms with Gasteiger partial charge in [-0.15, -0.1) is 10.2 Å². The lowest BCUT2D eigenvalue weighted by Crippen LogP contribution is -2.24. The lowest BCUT2D eigenvalue weighted by Gasteiger charge is -2.16. The molecule has 10 heteroatoms. The molecule has 1 amide bonds. The Labute approximate surface area is 195 Å². The van der Waals surface area contributed by atoms with E-state index >= 15 is 0 Å². The van der Waals surface area contributed by atoms with Crippen LogP contribution in [-0.4, -0.2) is 50.7 Å². The van der Waals surface area contributed by atoms with E-state index < -0.39 is 5.25 Å². The fraction of sp³-hybridized carbons (Fsp3) is 0.364. The van der Waals surface area contributed by atoms with Gasteiger partial charge in [-0.1, -0.05) is 23.4 Å². The average molecular weight is 474 g/mol. The summed E-state index contributed by atoms with van der Waals surface area (Å²) in [6, 6.07) is 11.0. The van der Waals surface area contributed by atoms with Crippen LogP contribution in [0.25, 0.3) is 11.4 Å². The first-order chi connectivity index (χ1) is 15.5. The van der Waals surface area contributed by atoms with Gasteiger partial charge in [0.05, 0.1) is 30.0 Å². The summed E-state index contributed by atoms with van der Waals surface area (Å²) >= 11 is 7.21. The van der Waals surface area contributed by atoms with E-state index in [1.165, 1.54) is 18.0 Å². The summed E-state index contributed by atoms with van der Waals surface area (Å²) in [5.74, 6) is 1.78. The van der Waals surface area contributed by atoms with Crippen LogP contribution in [-0.2, 0) is 16.1 Å². The third-order valence-electron chi connectivity index (χ3n) is 5.11. The fourth-order valence-electron chi connectivity index (χ4n) is 3.38. The predicted molar refractivity (Wildman–Crippen MR) is 124 cm³/mol. The van der Waals surface area contributed by atoms with Crippen molar-refractivity contribution in [2.75, 3.05) is 19.0 Å². The molecule has 2 atom stereocenters. The van der Waals surface area contributed by atoms with Crippen LogP contribution in [0.2, 0.25) is 5.02 Å². The van der Waals surface area contributed by atoms with E-state index in [0.29, 0.717) is 22.5 Å². The largest absolute Gasteiger partial charge is 0.497 e. The number of amides is 1. The molecule has 0 aliphatic carbocycles. The van der Waals surface area contributed by atoms with Crippen molar-refractivity contribution in [3.8, 4) is 17.1 Å². The molecule has 0 radical (unpaired) electrons. The minimum Gasteiger partial charge on any atom is -0.497 e. The Hall–Kier alpha value is -2.62. The fourth-order valence-corrected chi connectivity index (χ4v) is 4.35. The number of hydrogen-bond donors (Lipinski definition) is 1. The zero-order chi connectivity index (χ0) is 22.5. The summed E-state index contributed by atoms with van der Waals surface area (Å²) in [4.78, 5) is 16.8. The highest BCUT2D eigenvalue weighted by Gasteiger charge is 2.25. The minimum atomic E-state index is -0.413. The lowest BCUT2D eigenvalue weighted by atomic mass is 10.2. The molecule has 1 fully saturated rings. The molecule has 3 heterocycles. The Morgan fingerprint density at radius 3 is 2.78 bits per heavy atom. The van der Waals surface area contributed by atoms with Crippen LogP contribution in [0.1, 0.15) is 19.8 Å². The van der Waals surface area contributed by atoms with Crippen LogP contribution in [0.5, 0.6) is 5.75 Å². The number of thioether (sulfide) groups is 1. The van der Waals surface area contributed by atoms with E-state index in [0.717, 1.165) is 36.6 Å². The molecule has 0 bridgehead atoms. The maximum absolute atomic E-state index is 12.7. The highest BCUT2D eigenvalue weighted by atomic mass is 35.5. The Kier molecular flexibility index (Phi) is 7.29. The SMILES string of the molecule is COc1ccc(-c2nnc(S[C@H](C)C(=O)Nc3ccc(Cl)cn3)n2C[C@H]2CCCO2)cc1. The number of rotatable bonds is 8. The summed E-state index contributed by atoms with van der Waals surface area (Å²) in [5, 5.41) is 12.4. The van der Waals surface area contributed by atoms with Gasteiger partial charge in [-0.05, 0) is 56.2 Å². The van der Waals surface area contributed by atoms with Crippen LogP contribution in [0.4, 0.5) is 5.82 Å². The number of ether oxygens (including phenoxy) is 2. The Bertz CT molecular complexity index is 1050. The third-order valence-corrected chi connectivity index (χ3v) is 6.41. The number of nitrogens with zero attached hydrogens (tertiary/aromatic N) is 4. The van der Waals surface area contributed by atoms with E-state index in [9.17, 15) is 4.79 Å². The number of benzene rings is 1. The third kappa shape index (κ3) is 5.40. The van der Waals surface area contributed by atoms with Gasteiger partial charge in [-0.25, -0.2) is 4.98 Å². The summed E-state index contributed by atoms with van der Waals surface area (Å²) < 4.78 is 13.1. The first kappa shape index (κ1) is 22.6. The summed E-state index contributed by atoms with van der Waals surface area (Å²) in [6.07, 6.45) is 3.63. The number of halogens is 1. The van der Waals surface area contributed by atoms with Gasteiger partial charge < -0.3 is 14.8 Å². The van der Waals surface area contributed by atoms with E-state index in [1.54, 1.807) is 19.2 Å². The molecule has 32 heavy (non-hydrogen) atoms. The van der Waals surface area contributed by atoms with Gasteiger partial charge in [0.2, 0.25) is 5.91 Å². The maximum Gasteiger partial charge on any atom is 0.238 e. The van der Waals surface area contributed by atoms with Crippen molar-refractivity contribution in [3.05, 3.63) is 47.6 Å². The first-order valence-corrected chi connectivity index (χ1v) is 11.6. The molecule has 1 aliphatic rings.